The fourth-order valence-electron chi connectivity index (χ4n) is 0.703. The molecule has 0 N–H and O–H groups in total. The third kappa shape index (κ3) is 1.49. The molecule has 1 rings (SSSR count). The molecular weight excluding hydrogens is 143 g/mol. The van der Waals surface area contributed by atoms with E-state index in [0.717, 1.165) is 0 Å². The molecule has 0 aliphatic rings. The van der Waals surface area contributed by atoms with Crippen LogP contribution >= 0.6 is 0 Å². The van der Waals surface area contributed by atoms with Gasteiger partial charge in [0.15, 0.2) is 0 Å². The summed E-state index contributed by atoms with van der Waals surface area (Å²) >= 11 is 0. The highest BCUT2D eigenvalue weighted by Gasteiger charge is 1.98. The average molecular weight is 150 g/mol. The minimum absolute atomic E-state index is 0.465. The first-order valence-electron chi connectivity index (χ1n) is 3.05. The Morgan fingerprint density at radius 2 is 2.09 bits per heavy atom. The number of rotatable bonds is 2. The van der Waals surface area contributed by atoms with Crippen LogP contribution in [0.5, 0.6) is 0 Å². The van der Waals surface area contributed by atoms with Gasteiger partial charge in [0.25, 0.3) is 0 Å². The molecule has 0 bridgehead atoms. The van der Waals surface area contributed by atoms with Gasteiger partial charge in [-0.25, -0.2) is 9.97 Å². The predicted octanol–water partition coefficient (Wildman–Crippen LogP) is 1.90. The molecule has 56 valence electrons. The van der Waals surface area contributed by atoms with Crippen LogP contribution in [-0.2, 0) is 0 Å². The third-order valence-electron chi connectivity index (χ3n) is 1.23. The van der Waals surface area contributed by atoms with Crippen molar-refractivity contribution in [3.05, 3.63) is 36.7 Å². The molecule has 1 aromatic heterocycles. The Bertz CT molecular complexity index is 294. The second kappa shape index (κ2) is 3.05. The lowest BCUT2D eigenvalue weighted by atomic mass is 10.2. The van der Waals surface area contributed by atoms with Crippen molar-refractivity contribution in [3.8, 4) is 0 Å². The van der Waals surface area contributed by atoms with E-state index in [9.17, 15) is 4.39 Å². The summed E-state index contributed by atoms with van der Waals surface area (Å²) in [6, 6.07) is 0. The zero-order valence-electron chi connectivity index (χ0n) is 5.92. The smallest absolute Gasteiger partial charge is 0.210 e. The monoisotopic (exact) mass is 150 g/mol. The van der Waals surface area contributed by atoms with Gasteiger partial charge in [0.1, 0.15) is 0 Å². The highest BCUT2D eigenvalue weighted by molar-refractivity contribution is 5.58. The van der Waals surface area contributed by atoms with Crippen LogP contribution in [0.1, 0.15) is 11.3 Å². The van der Waals surface area contributed by atoms with Crippen molar-refractivity contribution in [2.45, 2.75) is 0 Å². The fraction of sp³-hybridized carbons (Fsp3) is 0. The highest BCUT2D eigenvalue weighted by atomic mass is 19.1. The number of hydrogen-bond donors (Lipinski definition) is 0. The summed E-state index contributed by atoms with van der Waals surface area (Å²) in [5.74, 6) is 0. The van der Waals surface area contributed by atoms with E-state index in [4.69, 9.17) is 0 Å². The summed E-state index contributed by atoms with van der Waals surface area (Å²) in [5, 5.41) is 0. The van der Waals surface area contributed by atoms with E-state index in [1.807, 2.05) is 0 Å². The summed E-state index contributed by atoms with van der Waals surface area (Å²) in [5.41, 5.74) is 1.15. The molecule has 0 radical (unpaired) electrons. The summed E-state index contributed by atoms with van der Waals surface area (Å²) in [6.45, 7) is 6.99. The van der Waals surface area contributed by atoms with Crippen molar-refractivity contribution < 1.29 is 4.39 Å². The maximum atomic E-state index is 12.4. The molecule has 0 aliphatic carbocycles. The van der Waals surface area contributed by atoms with Gasteiger partial charge in [-0.3, -0.25) is 0 Å². The van der Waals surface area contributed by atoms with Crippen LogP contribution in [0.15, 0.2) is 19.4 Å². The van der Waals surface area contributed by atoms with Gasteiger partial charge < -0.3 is 0 Å². The first-order chi connectivity index (χ1) is 5.27. The Balaban J connectivity index is 3.26. The first kappa shape index (κ1) is 7.60. The van der Waals surface area contributed by atoms with Gasteiger partial charge in [0.05, 0.1) is 5.69 Å². The molecule has 0 fully saturated rings. The largest absolute Gasteiger partial charge is 0.309 e. The van der Waals surface area contributed by atoms with Gasteiger partial charge >= 0.3 is 6.08 Å². The standard InChI is InChI=1S/C8H7FN2/c1-3-6-5-10-8(9)11-7(6)4-2/h3-5H,1-2H2. The van der Waals surface area contributed by atoms with E-state index >= 15 is 0 Å². The molecule has 0 aliphatic heterocycles. The van der Waals surface area contributed by atoms with Crippen molar-refractivity contribution in [2.75, 3.05) is 0 Å². The fourth-order valence-corrected chi connectivity index (χ4v) is 0.703. The number of hydrogen-bond acceptors (Lipinski definition) is 2. The molecule has 0 saturated heterocycles. The van der Waals surface area contributed by atoms with Crippen LogP contribution in [0.25, 0.3) is 12.2 Å². The molecule has 11 heavy (non-hydrogen) atoms. The quantitative estimate of drug-likeness (QED) is 0.602. The van der Waals surface area contributed by atoms with Crippen molar-refractivity contribution >= 4 is 12.2 Å². The molecule has 0 spiro atoms. The van der Waals surface area contributed by atoms with Gasteiger partial charge in [-0.15, -0.1) is 0 Å². The van der Waals surface area contributed by atoms with E-state index in [-0.39, 0.29) is 0 Å². The molecule has 2 nitrogen and oxygen atoms in total. The summed E-state index contributed by atoms with van der Waals surface area (Å²) in [6.07, 6.45) is 3.63. The minimum Gasteiger partial charge on any atom is -0.210 e. The summed E-state index contributed by atoms with van der Waals surface area (Å²) < 4.78 is 12.4. The molecule has 0 saturated carbocycles. The van der Waals surface area contributed by atoms with Gasteiger partial charge in [-0.2, -0.15) is 4.39 Å². The predicted molar refractivity (Wildman–Crippen MR) is 42.2 cm³/mol. The highest BCUT2D eigenvalue weighted by Crippen LogP contribution is 2.06. The average Bonchev–Trinajstić information content (AvgIpc) is 2.04. The first-order valence-corrected chi connectivity index (χ1v) is 3.05. The van der Waals surface area contributed by atoms with Crippen molar-refractivity contribution in [2.24, 2.45) is 0 Å². The normalized spacial score (nSPS) is 9.18. The number of aromatic nitrogens is 2. The molecular formula is C8H7FN2. The molecule has 0 atom stereocenters. The summed E-state index contributed by atoms with van der Waals surface area (Å²) in [4.78, 5) is 6.86. The maximum absolute atomic E-state index is 12.4. The van der Waals surface area contributed by atoms with Gasteiger partial charge in [-0.1, -0.05) is 19.2 Å². The van der Waals surface area contributed by atoms with Crippen molar-refractivity contribution in [3.63, 3.8) is 0 Å². The van der Waals surface area contributed by atoms with Crippen LogP contribution in [-0.4, -0.2) is 9.97 Å². The maximum Gasteiger partial charge on any atom is 0.309 e. The van der Waals surface area contributed by atoms with Crippen molar-refractivity contribution in [1.82, 2.24) is 9.97 Å². The lowest BCUT2D eigenvalue weighted by Gasteiger charge is -1.96. The van der Waals surface area contributed by atoms with Crippen LogP contribution in [0.2, 0.25) is 0 Å². The van der Waals surface area contributed by atoms with Gasteiger partial charge in [-0.05, 0) is 6.08 Å². The van der Waals surface area contributed by atoms with Crippen LogP contribution in [0.4, 0.5) is 4.39 Å². The van der Waals surface area contributed by atoms with Crippen LogP contribution in [0, 0.1) is 6.08 Å². The topological polar surface area (TPSA) is 25.8 Å². The number of halogens is 1. The Hall–Kier alpha value is -1.51. The molecule has 1 heterocycles. The van der Waals surface area contributed by atoms with Crippen LogP contribution in [0.3, 0.4) is 0 Å². The Labute approximate surface area is 64.1 Å². The molecule has 0 amide bonds. The van der Waals surface area contributed by atoms with Gasteiger partial charge in [0, 0.05) is 11.8 Å². The Morgan fingerprint density at radius 1 is 1.36 bits per heavy atom. The minimum atomic E-state index is -0.745. The van der Waals surface area contributed by atoms with E-state index in [0.29, 0.717) is 11.3 Å². The van der Waals surface area contributed by atoms with E-state index in [1.54, 1.807) is 6.08 Å². The third-order valence-corrected chi connectivity index (χ3v) is 1.23. The molecule has 0 unspecified atom stereocenters. The second-order valence-corrected chi connectivity index (χ2v) is 1.89. The van der Waals surface area contributed by atoms with Crippen LogP contribution < -0.4 is 0 Å². The van der Waals surface area contributed by atoms with Gasteiger partial charge in [0.2, 0.25) is 0 Å². The zero-order valence-corrected chi connectivity index (χ0v) is 5.92. The number of nitrogens with zero attached hydrogens (tertiary/aromatic N) is 2. The molecule has 0 aromatic carbocycles. The lowest BCUT2D eigenvalue weighted by molar-refractivity contribution is 0.537. The van der Waals surface area contributed by atoms with E-state index in [2.05, 4.69) is 23.1 Å². The molecule has 3 heteroatoms. The zero-order chi connectivity index (χ0) is 8.27. The van der Waals surface area contributed by atoms with E-state index < -0.39 is 6.08 Å². The lowest BCUT2D eigenvalue weighted by Crippen LogP contribution is -1.93. The second-order valence-electron chi connectivity index (χ2n) is 1.89. The SMILES string of the molecule is C=Cc1cnc(F)nc1C=C. The Morgan fingerprint density at radius 3 is 2.64 bits per heavy atom. The molecule has 1 aromatic rings. The van der Waals surface area contributed by atoms with E-state index in [1.165, 1.54) is 12.3 Å². The summed E-state index contributed by atoms with van der Waals surface area (Å²) in [7, 11) is 0. The van der Waals surface area contributed by atoms with Crippen molar-refractivity contribution in [1.29, 1.82) is 0 Å². The Kier molecular flexibility index (Phi) is 2.11.